The van der Waals surface area contributed by atoms with Crippen LogP contribution in [0, 0.1) is 18.3 Å². The van der Waals surface area contributed by atoms with Crippen LogP contribution >= 0.6 is 0 Å². The number of aryl methyl sites for hydroxylation is 1. The van der Waals surface area contributed by atoms with Gasteiger partial charge in [-0.25, -0.2) is 4.98 Å². The molecule has 4 fully saturated rings. The Kier molecular flexibility index (Phi) is 8.86. The monoisotopic (exact) mass is 660 g/mol. The molecule has 2 aromatic heterocycles. The quantitative estimate of drug-likeness (QED) is 0.354. The van der Waals surface area contributed by atoms with Crippen LogP contribution in [0.15, 0.2) is 24.3 Å². The first-order valence-corrected chi connectivity index (χ1v) is 18.5. The van der Waals surface area contributed by atoms with Crippen molar-refractivity contribution in [1.82, 2.24) is 20.1 Å². The molecule has 0 aliphatic carbocycles. The van der Waals surface area contributed by atoms with Crippen molar-refractivity contribution in [1.29, 1.82) is 0 Å². The second kappa shape index (κ2) is 12.5. The van der Waals surface area contributed by atoms with Crippen molar-refractivity contribution in [2.45, 2.75) is 70.9 Å². The SMILES string of the molecule is CNc1ccc(N2CC3(CCN(c4ccc(OC5CCN(CC6CC[I-]CC6)CC5)nn4)CC3)C[C@@H]2C)nc1C. The van der Waals surface area contributed by atoms with Gasteiger partial charge in [0.05, 0.1) is 11.4 Å². The van der Waals surface area contributed by atoms with Crippen molar-refractivity contribution in [3.8, 4) is 5.88 Å². The Bertz CT molecular complexity index is 1110. The average molecular weight is 661 g/mol. The molecule has 1 spiro atoms. The smallest absolute Gasteiger partial charge is 0.234 e. The Morgan fingerprint density at radius 2 is 1.73 bits per heavy atom. The first-order chi connectivity index (χ1) is 19.5. The zero-order valence-corrected chi connectivity index (χ0v) is 26.8. The summed E-state index contributed by atoms with van der Waals surface area (Å²) in [7, 11) is 1.96. The van der Waals surface area contributed by atoms with Gasteiger partial charge in [0.25, 0.3) is 0 Å². The summed E-state index contributed by atoms with van der Waals surface area (Å²) in [5.41, 5.74) is 2.53. The molecular formula is C31H47IN7O-. The molecular weight excluding hydrogens is 613 g/mol. The van der Waals surface area contributed by atoms with Gasteiger partial charge in [-0.15, -0.1) is 0 Å². The molecule has 220 valence electrons. The Labute approximate surface area is 250 Å². The molecule has 2 aromatic rings. The molecule has 40 heavy (non-hydrogen) atoms. The third-order valence-electron chi connectivity index (χ3n) is 9.82. The fraction of sp³-hybridized carbons (Fsp3) is 0.710. The standard InChI is InChI=1S/C31H47IN7O/c1-23-20-31(22-39(23)28-5-4-27(33-3)24(2)34-28)12-18-38(19-13-31)29-6-7-30(36-35-29)40-26-10-16-37(17-11-26)21-25-8-14-32-15-9-25/h4-7,23,25-26,33H,8-22H2,1-3H3/q-1/t23-/m0/s1. The van der Waals surface area contributed by atoms with E-state index in [1.807, 2.05) is 13.1 Å². The molecule has 0 aromatic carbocycles. The number of nitrogens with zero attached hydrogens (tertiary/aromatic N) is 6. The van der Waals surface area contributed by atoms with Crippen LogP contribution in [0.2, 0.25) is 0 Å². The van der Waals surface area contributed by atoms with E-state index in [9.17, 15) is 0 Å². The minimum atomic E-state index is 0.267. The summed E-state index contributed by atoms with van der Waals surface area (Å²) in [6.07, 6.45) is 9.01. The van der Waals surface area contributed by atoms with Gasteiger partial charge in [-0.1, -0.05) is 0 Å². The van der Waals surface area contributed by atoms with Crippen molar-refractivity contribution in [2.75, 3.05) is 70.3 Å². The fourth-order valence-electron chi connectivity index (χ4n) is 7.34. The van der Waals surface area contributed by atoms with E-state index in [2.05, 4.69) is 62.3 Å². The summed E-state index contributed by atoms with van der Waals surface area (Å²) in [4.78, 5) is 12.5. The zero-order chi connectivity index (χ0) is 27.5. The summed E-state index contributed by atoms with van der Waals surface area (Å²) in [6, 6.07) is 8.99. The minimum Gasteiger partial charge on any atom is -0.234 e. The van der Waals surface area contributed by atoms with Crippen LogP contribution in [0.5, 0.6) is 5.88 Å². The van der Waals surface area contributed by atoms with Gasteiger partial charge in [-0.05, 0) is 50.7 Å². The number of halogens is 1. The van der Waals surface area contributed by atoms with E-state index < -0.39 is 0 Å². The number of piperidine rings is 2. The molecule has 0 unspecified atom stereocenters. The Balaban J connectivity index is 0.971. The molecule has 0 radical (unpaired) electrons. The molecule has 0 amide bonds. The summed E-state index contributed by atoms with van der Waals surface area (Å²) >= 11 is 0.541. The van der Waals surface area contributed by atoms with Crippen LogP contribution in [-0.2, 0) is 0 Å². The van der Waals surface area contributed by atoms with Crippen LogP contribution in [0.25, 0.3) is 0 Å². The van der Waals surface area contributed by atoms with Crippen LogP contribution in [-0.4, -0.2) is 87.4 Å². The second-order valence-electron chi connectivity index (χ2n) is 12.6. The van der Waals surface area contributed by atoms with Crippen molar-refractivity contribution >= 4 is 17.3 Å². The van der Waals surface area contributed by atoms with Crippen LogP contribution in [0.3, 0.4) is 0 Å². The third kappa shape index (κ3) is 6.45. The molecule has 4 aliphatic rings. The molecule has 0 bridgehead atoms. The normalized spacial score (nSPS) is 24.7. The Hall–Kier alpha value is -1.88. The first kappa shape index (κ1) is 28.2. The van der Waals surface area contributed by atoms with Crippen molar-refractivity contribution in [3.63, 3.8) is 0 Å². The predicted molar refractivity (Wildman–Crippen MR) is 158 cm³/mol. The van der Waals surface area contributed by atoms with Crippen LogP contribution in [0.1, 0.15) is 57.6 Å². The number of hydrogen-bond acceptors (Lipinski definition) is 8. The van der Waals surface area contributed by atoms with Crippen molar-refractivity contribution in [2.24, 2.45) is 11.3 Å². The van der Waals surface area contributed by atoms with E-state index in [-0.39, 0.29) is 6.10 Å². The van der Waals surface area contributed by atoms with E-state index >= 15 is 0 Å². The maximum atomic E-state index is 6.27. The van der Waals surface area contributed by atoms with E-state index in [0.717, 1.165) is 74.5 Å². The van der Waals surface area contributed by atoms with Gasteiger partial charge in [0.15, 0.2) is 5.82 Å². The van der Waals surface area contributed by atoms with Gasteiger partial charge in [-0.2, -0.15) is 0 Å². The van der Waals surface area contributed by atoms with E-state index in [1.165, 1.54) is 47.5 Å². The molecule has 9 heteroatoms. The van der Waals surface area contributed by atoms with Gasteiger partial charge in [0, 0.05) is 32.7 Å². The van der Waals surface area contributed by atoms with E-state index in [4.69, 9.17) is 9.72 Å². The molecule has 1 atom stereocenters. The summed E-state index contributed by atoms with van der Waals surface area (Å²) in [5, 5.41) is 12.3. The molecule has 4 aliphatic heterocycles. The molecule has 4 saturated heterocycles. The summed E-state index contributed by atoms with van der Waals surface area (Å²) in [5.74, 6) is 3.72. The van der Waals surface area contributed by atoms with Crippen LogP contribution in [0.4, 0.5) is 17.3 Å². The van der Waals surface area contributed by atoms with E-state index in [1.54, 1.807) is 0 Å². The van der Waals surface area contributed by atoms with E-state index in [0.29, 0.717) is 38.5 Å². The number of rotatable bonds is 7. The molecule has 6 rings (SSSR count). The maximum absolute atomic E-state index is 6.27. The topological polar surface area (TPSA) is 69.7 Å². The summed E-state index contributed by atoms with van der Waals surface area (Å²) in [6.45, 7) is 11.2. The Morgan fingerprint density at radius 1 is 0.975 bits per heavy atom. The van der Waals surface area contributed by atoms with Crippen molar-refractivity contribution < 1.29 is 25.9 Å². The number of ether oxygens (including phenoxy) is 1. The molecule has 8 nitrogen and oxygen atoms in total. The molecule has 0 saturated carbocycles. The average Bonchev–Trinajstić information content (AvgIpc) is 3.30. The zero-order valence-electron chi connectivity index (χ0n) is 24.6. The number of anilines is 3. The van der Waals surface area contributed by atoms with Gasteiger partial charge >= 0.3 is 125 Å². The number of alkyl halides is 2. The number of nitrogens with one attached hydrogen (secondary N) is 1. The molecule has 1 N–H and O–H groups in total. The minimum absolute atomic E-state index is 0.267. The Morgan fingerprint density at radius 3 is 2.40 bits per heavy atom. The first-order valence-electron chi connectivity index (χ1n) is 15.4. The van der Waals surface area contributed by atoms with Crippen LogP contribution < -0.4 is 41.1 Å². The third-order valence-corrected chi connectivity index (χ3v) is 12.6. The number of hydrogen-bond donors (Lipinski definition) is 1. The van der Waals surface area contributed by atoms with Gasteiger partial charge in [0.2, 0.25) is 0 Å². The fourth-order valence-corrected chi connectivity index (χ4v) is 10.5. The predicted octanol–water partition coefficient (Wildman–Crippen LogP) is 1.45. The second-order valence-corrected chi connectivity index (χ2v) is 15.8. The van der Waals surface area contributed by atoms with Gasteiger partial charge in [0.1, 0.15) is 5.82 Å². The van der Waals surface area contributed by atoms with Crippen molar-refractivity contribution in [3.05, 3.63) is 30.0 Å². The number of aromatic nitrogens is 3. The number of pyridine rings is 1. The van der Waals surface area contributed by atoms with Gasteiger partial charge < -0.3 is 15.1 Å². The molecule has 6 heterocycles. The summed E-state index contributed by atoms with van der Waals surface area (Å²) < 4.78 is 9.35. The number of likely N-dealkylation sites (tertiary alicyclic amines) is 1. The van der Waals surface area contributed by atoms with Gasteiger partial charge in [-0.3, -0.25) is 0 Å².